The van der Waals surface area contributed by atoms with Crippen LogP contribution in [0, 0.1) is 17.7 Å². The molecule has 2 saturated heterocycles. The van der Waals surface area contributed by atoms with Gasteiger partial charge in [-0.1, -0.05) is 17.7 Å². The first-order valence-electron chi connectivity index (χ1n) is 14.6. The number of carboxylic acids is 1. The van der Waals surface area contributed by atoms with E-state index in [0.717, 1.165) is 12.8 Å². The first kappa shape index (κ1) is 34.5. The number of benzene rings is 1. The fourth-order valence-corrected chi connectivity index (χ4v) is 6.23. The number of nitrogens with zero attached hydrogens (tertiary/aromatic N) is 4. The van der Waals surface area contributed by atoms with Crippen LogP contribution in [0.5, 0.6) is 0 Å². The smallest absolute Gasteiger partial charge is 0.475 e. The summed E-state index contributed by atoms with van der Waals surface area (Å²) in [4.78, 5) is 84.1. The third-order valence-corrected chi connectivity index (χ3v) is 8.66. The van der Waals surface area contributed by atoms with Crippen LogP contribution >= 0.6 is 11.6 Å². The van der Waals surface area contributed by atoms with Gasteiger partial charge in [-0.25, -0.2) is 14.0 Å². The van der Waals surface area contributed by atoms with Gasteiger partial charge in [0.2, 0.25) is 11.7 Å². The number of esters is 1. The van der Waals surface area contributed by atoms with Crippen LogP contribution in [-0.2, 0) is 41.7 Å². The monoisotopic (exact) mass is 694 g/mol. The van der Waals surface area contributed by atoms with Crippen molar-refractivity contribution in [2.75, 3.05) is 20.2 Å². The van der Waals surface area contributed by atoms with Crippen molar-refractivity contribution in [3.05, 3.63) is 75.5 Å². The SMILES string of the molecule is COC(=O)c1cccnc1CCN1C(=O)C2=C3CCN(Cc4ccc(F)c(Cl)c4)C(=O)C3C(=O)C(=O)N2C1C1CC1.O=C(O)C(F)(F)F. The van der Waals surface area contributed by atoms with Gasteiger partial charge in [-0.3, -0.25) is 29.1 Å². The summed E-state index contributed by atoms with van der Waals surface area (Å²) >= 11 is 5.89. The molecule has 0 radical (unpaired) electrons. The lowest BCUT2D eigenvalue weighted by atomic mass is 9.82. The highest BCUT2D eigenvalue weighted by Crippen LogP contribution is 2.47. The third kappa shape index (κ3) is 6.61. The van der Waals surface area contributed by atoms with Gasteiger partial charge in [0, 0.05) is 32.3 Å². The topological polar surface area (TPSA) is 154 Å². The summed E-state index contributed by atoms with van der Waals surface area (Å²) in [5, 5.41) is 7.04. The number of carbonyl (C=O) groups is 6. The van der Waals surface area contributed by atoms with E-state index in [-0.39, 0.29) is 54.7 Å². The number of Topliss-reactive ketones (excluding diaryl/α,β-unsaturated/α-hetero) is 1. The zero-order valence-corrected chi connectivity index (χ0v) is 25.9. The number of ketones is 1. The quantitative estimate of drug-likeness (QED) is 0.199. The van der Waals surface area contributed by atoms with Crippen LogP contribution in [0.1, 0.15) is 40.9 Å². The Labute approximate surface area is 274 Å². The Hall–Kier alpha value is -4.86. The number of amides is 3. The molecule has 6 rings (SSSR count). The normalized spacial score (nSPS) is 20.8. The number of fused-ring (bicyclic) bond motifs is 2. The van der Waals surface area contributed by atoms with Crippen LogP contribution in [0.25, 0.3) is 0 Å². The van der Waals surface area contributed by atoms with Gasteiger partial charge in [0.15, 0.2) is 0 Å². The van der Waals surface area contributed by atoms with E-state index in [1.165, 1.54) is 35.1 Å². The Morgan fingerprint density at radius 3 is 2.40 bits per heavy atom. The minimum atomic E-state index is -5.08. The van der Waals surface area contributed by atoms with Crippen LogP contribution in [0.3, 0.4) is 0 Å². The van der Waals surface area contributed by atoms with Crippen molar-refractivity contribution in [3.63, 3.8) is 0 Å². The predicted octanol–water partition coefficient (Wildman–Crippen LogP) is 3.13. The second-order valence-electron chi connectivity index (χ2n) is 11.4. The summed E-state index contributed by atoms with van der Waals surface area (Å²) in [5.41, 5.74) is 1.79. The molecule has 2 atom stereocenters. The van der Waals surface area contributed by atoms with Gasteiger partial charge in [-0.15, -0.1) is 0 Å². The Balaban J connectivity index is 0.000000582. The predicted molar refractivity (Wildman–Crippen MR) is 155 cm³/mol. The van der Waals surface area contributed by atoms with E-state index in [1.54, 1.807) is 23.2 Å². The van der Waals surface area contributed by atoms with Crippen LogP contribution in [0.2, 0.25) is 5.02 Å². The number of piperidine rings is 1. The van der Waals surface area contributed by atoms with E-state index in [0.29, 0.717) is 16.8 Å². The molecule has 1 aromatic heterocycles. The lowest BCUT2D eigenvalue weighted by Crippen LogP contribution is -2.55. The molecule has 3 fully saturated rings. The molecular weight excluding hydrogens is 668 g/mol. The van der Waals surface area contributed by atoms with E-state index in [9.17, 15) is 41.5 Å². The number of aromatic nitrogens is 1. The average Bonchev–Trinajstić information content (AvgIpc) is 3.84. The Kier molecular flexibility index (Phi) is 9.58. The molecule has 1 N–H and O–H groups in total. The van der Waals surface area contributed by atoms with Crippen molar-refractivity contribution in [1.82, 2.24) is 19.7 Å². The number of hydrogen-bond acceptors (Lipinski definition) is 8. The zero-order valence-electron chi connectivity index (χ0n) is 25.1. The molecular formula is C31H27ClF4N4O8. The number of carboxylic acid groups (broad SMARTS) is 1. The molecule has 254 valence electrons. The number of hydrogen-bond donors (Lipinski definition) is 1. The minimum absolute atomic E-state index is 0.00757. The highest BCUT2D eigenvalue weighted by Gasteiger charge is 2.59. The maximum Gasteiger partial charge on any atom is 0.490 e. The first-order chi connectivity index (χ1) is 22.6. The van der Waals surface area contributed by atoms with Gasteiger partial charge in [0.05, 0.1) is 23.4 Å². The number of ether oxygens (including phenoxy) is 1. The standard InChI is InChI=1S/C29H26ClFN4O6.C2HF3O2/c1-41-29(40)17-3-2-10-32-21(17)9-12-34-25(16-5-6-16)35-23(27(34)38)18-8-11-33(26(37)22(18)24(36)28(35)39)14-15-4-7-20(31)19(30)13-15;3-2(4,5)1(6)7/h2-4,7,10,13,16,22,25H,5-6,8-9,11-12,14H2,1H3;(H,6,7). The van der Waals surface area contributed by atoms with Gasteiger partial charge in [-0.05, 0) is 60.6 Å². The summed E-state index contributed by atoms with van der Waals surface area (Å²) < 4.78 is 50.2. The second kappa shape index (κ2) is 13.3. The van der Waals surface area contributed by atoms with Crippen molar-refractivity contribution in [1.29, 1.82) is 0 Å². The first-order valence-corrected chi connectivity index (χ1v) is 15.0. The largest absolute Gasteiger partial charge is 0.490 e. The maximum atomic E-state index is 13.9. The summed E-state index contributed by atoms with van der Waals surface area (Å²) in [6, 6.07) is 7.34. The number of aliphatic carboxylic acids is 1. The van der Waals surface area contributed by atoms with Crippen LogP contribution < -0.4 is 0 Å². The fraction of sp³-hybridized carbons (Fsp3) is 0.387. The van der Waals surface area contributed by atoms with Gasteiger partial charge in [-0.2, -0.15) is 13.2 Å². The minimum Gasteiger partial charge on any atom is -0.475 e. The highest BCUT2D eigenvalue weighted by atomic mass is 35.5. The van der Waals surface area contributed by atoms with Crippen molar-refractivity contribution in [2.45, 2.75) is 44.6 Å². The lowest BCUT2D eigenvalue weighted by molar-refractivity contribution is -0.192. The van der Waals surface area contributed by atoms with E-state index < -0.39 is 59.5 Å². The summed E-state index contributed by atoms with van der Waals surface area (Å²) in [7, 11) is 1.28. The van der Waals surface area contributed by atoms with Gasteiger partial charge >= 0.3 is 18.1 Å². The van der Waals surface area contributed by atoms with Crippen molar-refractivity contribution < 1.29 is 56.2 Å². The molecule has 3 aliphatic heterocycles. The molecule has 1 aromatic carbocycles. The number of methoxy groups -OCH3 is 1. The van der Waals surface area contributed by atoms with E-state index in [4.69, 9.17) is 26.2 Å². The highest BCUT2D eigenvalue weighted by molar-refractivity contribution is 6.44. The van der Waals surface area contributed by atoms with Gasteiger partial charge in [0.1, 0.15) is 23.6 Å². The number of pyridine rings is 1. The molecule has 4 heterocycles. The number of alkyl halides is 3. The van der Waals surface area contributed by atoms with Crippen LogP contribution in [0.15, 0.2) is 47.8 Å². The maximum absolute atomic E-state index is 13.9. The molecule has 0 spiro atoms. The Morgan fingerprint density at radius 2 is 1.79 bits per heavy atom. The molecule has 12 nitrogen and oxygen atoms in total. The third-order valence-electron chi connectivity index (χ3n) is 8.37. The molecule has 17 heteroatoms. The molecule has 2 unspecified atom stereocenters. The molecule has 48 heavy (non-hydrogen) atoms. The molecule has 4 aliphatic rings. The van der Waals surface area contributed by atoms with Gasteiger partial charge < -0.3 is 19.6 Å². The lowest BCUT2D eigenvalue weighted by Gasteiger charge is -2.39. The van der Waals surface area contributed by atoms with E-state index in [2.05, 4.69) is 4.98 Å². The Morgan fingerprint density at radius 1 is 1.10 bits per heavy atom. The zero-order chi connectivity index (χ0) is 35.1. The van der Waals surface area contributed by atoms with Crippen LogP contribution in [0.4, 0.5) is 17.6 Å². The average molecular weight is 695 g/mol. The summed E-state index contributed by atoms with van der Waals surface area (Å²) in [6.07, 6.45) is -2.12. The number of carbonyl (C=O) groups excluding carboxylic acids is 5. The second-order valence-corrected chi connectivity index (χ2v) is 11.8. The molecule has 3 amide bonds. The summed E-state index contributed by atoms with van der Waals surface area (Å²) in [6.45, 7) is 0.461. The van der Waals surface area contributed by atoms with Crippen molar-refractivity contribution in [3.8, 4) is 0 Å². The molecule has 1 saturated carbocycles. The van der Waals surface area contributed by atoms with Crippen molar-refractivity contribution in [2.24, 2.45) is 11.8 Å². The molecule has 2 aromatic rings. The molecule has 0 bridgehead atoms. The number of likely N-dealkylation sites (tertiary alicyclic amines) is 1. The molecule has 1 aliphatic carbocycles. The van der Waals surface area contributed by atoms with Crippen LogP contribution in [-0.4, -0.2) is 92.8 Å². The van der Waals surface area contributed by atoms with E-state index in [1.807, 2.05) is 0 Å². The number of rotatable bonds is 7. The van der Waals surface area contributed by atoms with E-state index >= 15 is 0 Å². The van der Waals surface area contributed by atoms with Crippen molar-refractivity contribution >= 4 is 47.0 Å². The Bertz CT molecular complexity index is 1740. The van der Waals surface area contributed by atoms with Gasteiger partial charge in [0.25, 0.3) is 11.8 Å². The number of halogens is 5. The summed E-state index contributed by atoms with van der Waals surface area (Å²) in [5.74, 6) is -7.95. The fourth-order valence-electron chi connectivity index (χ4n) is 6.02.